The molecule has 1 heterocycles. The predicted octanol–water partition coefficient (Wildman–Crippen LogP) is 1.20. The van der Waals surface area contributed by atoms with Crippen molar-refractivity contribution in [2.24, 2.45) is 0 Å². The van der Waals surface area contributed by atoms with Crippen molar-refractivity contribution in [1.82, 2.24) is 4.98 Å². The summed E-state index contributed by atoms with van der Waals surface area (Å²) in [6, 6.07) is 0. The minimum atomic E-state index is -0.252. The van der Waals surface area contributed by atoms with Gasteiger partial charge in [-0.3, -0.25) is 9.59 Å². The van der Waals surface area contributed by atoms with Gasteiger partial charge in [0.25, 0.3) is 0 Å². The van der Waals surface area contributed by atoms with Crippen LogP contribution < -0.4 is 5.73 Å². The molecule has 0 radical (unpaired) electrons. The molecule has 0 saturated heterocycles. The number of ketones is 2. The topological polar surface area (TPSA) is 73.0 Å². The van der Waals surface area contributed by atoms with Crippen LogP contribution in [0.15, 0.2) is 0 Å². The molecule has 2 N–H and O–H groups in total. The average Bonchev–Trinajstić information content (AvgIpc) is 2.31. The number of carbonyl (C=O) groups excluding carboxylic acids is 2. The number of rotatable bonds is 3. The smallest absolute Gasteiger partial charge is 0.198 e. The Morgan fingerprint density at radius 1 is 1.54 bits per heavy atom. The van der Waals surface area contributed by atoms with E-state index in [1.165, 1.54) is 6.92 Å². The monoisotopic (exact) mass is 198 g/mol. The van der Waals surface area contributed by atoms with Gasteiger partial charge in [-0.1, -0.05) is 11.3 Å². The van der Waals surface area contributed by atoms with E-state index >= 15 is 0 Å². The Morgan fingerprint density at radius 3 is 2.54 bits per heavy atom. The van der Waals surface area contributed by atoms with Crippen LogP contribution in [0.1, 0.15) is 28.8 Å². The van der Waals surface area contributed by atoms with Crippen molar-refractivity contribution < 1.29 is 9.59 Å². The first-order chi connectivity index (χ1) is 6.00. The first-order valence-corrected chi connectivity index (χ1v) is 4.58. The van der Waals surface area contributed by atoms with Crippen molar-refractivity contribution in [3.05, 3.63) is 10.7 Å². The summed E-state index contributed by atoms with van der Waals surface area (Å²) in [5.74, 6) is -0.409. The third-order valence-electron chi connectivity index (χ3n) is 1.48. The number of hydrogen-bond acceptors (Lipinski definition) is 5. The van der Waals surface area contributed by atoms with Gasteiger partial charge in [-0.2, -0.15) is 0 Å². The normalized spacial score (nSPS) is 10.0. The number of nitrogens with zero attached hydrogens (tertiary/aromatic N) is 1. The molecule has 0 bridgehead atoms. The Kier molecular flexibility index (Phi) is 2.77. The lowest BCUT2D eigenvalue weighted by molar-refractivity contribution is -0.116. The van der Waals surface area contributed by atoms with Crippen LogP contribution in [0.3, 0.4) is 0 Å². The Bertz CT molecular complexity index is 338. The molecule has 1 aromatic heterocycles. The number of aryl methyl sites for hydroxylation is 1. The summed E-state index contributed by atoms with van der Waals surface area (Å²) in [5.41, 5.74) is 6.18. The molecule has 0 amide bonds. The van der Waals surface area contributed by atoms with Crippen molar-refractivity contribution in [3.63, 3.8) is 0 Å². The van der Waals surface area contributed by atoms with Crippen molar-refractivity contribution in [1.29, 1.82) is 0 Å². The molecule has 70 valence electrons. The second-order valence-electron chi connectivity index (χ2n) is 2.77. The van der Waals surface area contributed by atoms with Crippen molar-refractivity contribution in [3.8, 4) is 0 Å². The van der Waals surface area contributed by atoms with E-state index < -0.39 is 0 Å². The van der Waals surface area contributed by atoms with E-state index in [-0.39, 0.29) is 18.0 Å². The Morgan fingerprint density at radius 2 is 2.15 bits per heavy atom. The lowest BCUT2D eigenvalue weighted by Crippen LogP contribution is -2.04. The zero-order valence-electron chi connectivity index (χ0n) is 7.46. The van der Waals surface area contributed by atoms with E-state index in [0.717, 1.165) is 11.3 Å². The van der Waals surface area contributed by atoms with Crippen molar-refractivity contribution in [2.75, 3.05) is 5.73 Å². The summed E-state index contributed by atoms with van der Waals surface area (Å²) in [7, 11) is 0. The van der Waals surface area contributed by atoms with Gasteiger partial charge in [0, 0.05) is 0 Å². The number of nitrogen functional groups attached to an aromatic ring is 1. The molecule has 1 aromatic rings. The summed E-state index contributed by atoms with van der Waals surface area (Å²) in [4.78, 5) is 25.9. The van der Waals surface area contributed by atoms with Gasteiger partial charge in [0.1, 0.15) is 10.8 Å². The maximum atomic E-state index is 11.3. The van der Waals surface area contributed by atoms with Crippen molar-refractivity contribution >= 4 is 27.9 Å². The van der Waals surface area contributed by atoms with Gasteiger partial charge in [0.05, 0.1) is 12.1 Å². The molecule has 0 spiro atoms. The van der Waals surface area contributed by atoms with Crippen LogP contribution in [0.4, 0.5) is 5.00 Å². The maximum Gasteiger partial charge on any atom is 0.198 e. The third-order valence-corrected chi connectivity index (χ3v) is 2.51. The second-order valence-corrected chi connectivity index (χ2v) is 3.80. The first-order valence-electron chi connectivity index (χ1n) is 3.76. The number of carbonyl (C=O) groups is 2. The number of Topliss-reactive ketones (excluding diaryl/α,β-unsaturated/α-hetero) is 2. The van der Waals surface area contributed by atoms with E-state index in [0.29, 0.717) is 15.7 Å². The SMILES string of the molecule is CC(=O)CC(=O)c1nc(C)c(N)s1. The third kappa shape index (κ3) is 2.35. The van der Waals surface area contributed by atoms with Gasteiger partial charge >= 0.3 is 0 Å². The van der Waals surface area contributed by atoms with Gasteiger partial charge in [0.15, 0.2) is 10.8 Å². The highest BCUT2D eigenvalue weighted by atomic mass is 32.1. The molecule has 0 aliphatic carbocycles. The number of thiazole rings is 1. The summed E-state index contributed by atoms with van der Waals surface area (Å²) in [6.45, 7) is 3.11. The van der Waals surface area contributed by atoms with Crippen LogP contribution in [0.25, 0.3) is 0 Å². The van der Waals surface area contributed by atoms with Crippen LogP contribution in [-0.2, 0) is 4.79 Å². The fourth-order valence-corrected chi connectivity index (χ4v) is 1.60. The lowest BCUT2D eigenvalue weighted by Gasteiger charge is -1.89. The zero-order chi connectivity index (χ0) is 10.0. The van der Waals surface area contributed by atoms with Crippen LogP contribution in [0.2, 0.25) is 0 Å². The van der Waals surface area contributed by atoms with Crippen LogP contribution in [0, 0.1) is 6.92 Å². The molecule has 0 aliphatic rings. The molecule has 1 rings (SSSR count). The molecule has 0 aliphatic heterocycles. The fourth-order valence-electron chi connectivity index (χ4n) is 0.829. The van der Waals surface area contributed by atoms with E-state index in [1.54, 1.807) is 6.92 Å². The minimum absolute atomic E-state index is 0.0909. The largest absolute Gasteiger partial charge is 0.389 e. The molecule has 0 fully saturated rings. The highest BCUT2D eigenvalue weighted by molar-refractivity contribution is 7.17. The Labute approximate surface area is 79.8 Å². The molecule has 0 atom stereocenters. The molecule has 5 heteroatoms. The maximum absolute atomic E-state index is 11.3. The standard InChI is InChI=1S/C8H10N2O2S/c1-4(11)3-6(12)8-10-5(2)7(9)13-8/h3,9H2,1-2H3. The predicted molar refractivity (Wildman–Crippen MR) is 50.9 cm³/mol. The van der Waals surface area contributed by atoms with Gasteiger partial charge in [-0.25, -0.2) is 4.98 Å². The molecule has 0 unspecified atom stereocenters. The highest BCUT2D eigenvalue weighted by Crippen LogP contribution is 2.20. The molecule has 0 saturated carbocycles. The second kappa shape index (κ2) is 3.66. The fraction of sp³-hybridized carbons (Fsp3) is 0.375. The highest BCUT2D eigenvalue weighted by Gasteiger charge is 2.14. The van der Waals surface area contributed by atoms with E-state index in [2.05, 4.69) is 4.98 Å². The average molecular weight is 198 g/mol. The molecule has 0 aromatic carbocycles. The first kappa shape index (κ1) is 9.85. The molecule has 13 heavy (non-hydrogen) atoms. The van der Waals surface area contributed by atoms with Crippen LogP contribution >= 0.6 is 11.3 Å². The number of anilines is 1. The summed E-state index contributed by atoms with van der Waals surface area (Å²) < 4.78 is 0. The van der Waals surface area contributed by atoms with Gasteiger partial charge in [-0.15, -0.1) is 0 Å². The molecule has 4 nitrogen and oxygen atoms in total. The van der Waals surface area contributed by atoms with Gasteiger partial charge in [0.2, 0.25) is 0 Å². The summed E-state index contributed by atoms with van der Waals surface area (Å²) in [6.07, 6.45) is -0.0909. The summed E-state index contributed by atoms with van der Waals surface area (Å²) in [5, 5.41) is 0.858. The molecular formula is C8H10N2O2S. The van der Waals surface area contributed by atoms with E-state index in [9.17, 15) is 9.59 Å². The number of hydrogen-bond donors (Lipinski definition) is 1. The van der Waals surface area contributed by atoms with E-state index in [1.807, 2.05) is 0 Å². The number of aromatic nitrogens is 1. The molecular weight excluding hydrogens is 188 g/mol. The van der Waals surface area contributed by atoms with Crippen LogP contribution in [-0.4, -0.2) is 16.6 Å². The Hall–Kier alpha value is -1.23. The zero-order valence-corrected chi connectivity index (χ0v) is 8.27. The van der Waals surface area contributed by atoms with Gasteiger partial charge in [-0.05, 0) is 13.8 Å². The lowest BCUT2D eigenvalue weighted by atomic mass is 10.2. The van der Waals surface area contributed by atoms with E-state index in [4.69, 9.17) is 5.73 Å². The Balaban J connectivity index is 2.83. The van der Waals surface area contributed by atoms with Crippen molar-refractivity contribution in [2.45, 2.75) is 20.3 Å². The minimum Gasteiger partial charge on any atom is -0.389 e. The van der Waals surface area contributed by atoms with Crippen LogP contribution in [0.5, 0.6) is 0 Å². The number of nitrogens with two attached hydrogens (primary N) is 1. The quantitative estimate of drug-likeness (QED) is 0.585. The van der Waals surface area contributed by atoms with Gasteiger partial charge < -0.3 is 5.73 Å². The summed E-state index contributed by atoms with van der Waals surface area (Å²) >= 11 is 1.13.